The van der Waals surface area contributed by atoms with E-state index in [9.17, 15) is 22.8 Å². The van der Waals surface area contributed by atoms with E-state index >= 15 is 0 Å². The molecule has 3 aromatic carbocycles. The first-order chi connectivity index (χ1) is 18.8. The lowest BCUT2D eigenvalue weighted by molar-refractivity contribution is -0.156. The van der Waals surface area contributed by atoms with Crippen LogP contribution in [0.1, 0.15) is 47.9 Å². The number of rotatable bonds is 9. The van der Waals surface area contributed by atoms with Crippen molar-refractivity contribution in [2.75, 3.05) is 24.2 Å². The van der Waals surface area contributed by atoms with Crippen molar-refractivity contribution in [3.63, 3.8) is 0 Å². The van der Waals surface area contributed by atoms with Crippen LogP contribution in [0.15, 0.2) is 72.8 Å². The molecule has 10 heteroatoms. The van der Waals surface area contributed by atoms with Crippen LogP contribution in [0, 0.1) is 0 Å². The van der Waals surface area contributed by atoms with Crippen LogP contribution in [0.5, 0.6) is 5.75 Å². The number of carbonyl (C=O) groups excluding carboxylic acids is 3. The number of esters is 1. The Balaban J connectivity index is 1.66. The summed E-state index contributed by atoms with van der Waals surface area (Å²) >= 11 is 0. The highest BCUT2D eigenvalue weighted by molar-refractivity contribution is 7.92. The molecule has 0 spiro atoms. The van der Waals surface area contributed by atoms with Crippen LogP contribution in [0.3, 0.4) is 0 Å². The largest absolute Gasteiger partial charge is 0.497 e. The number of sulfonamides is 1. The number of amides is 2. The molecular weight excluding hydrogens is 532 g/mol. The van der Waals surface area contributed by atoms with Gasteiger partial charge in [-0.1, -0.05) is 36.4 Å². The van der Waals surface area contributed by atoms with Crippen molar-refractivity contribution in [2.24, 2.45) is 0 Å². The van der Waals surface area contributed by atoms with Crippen LogP contribution < -0.4 is 9.04 Å². The van der Waals surface area contributed by atoms with Crippen LogP contribution in [0.2, 0.25) is 0 Å². The van der Waals surface area contributed by atoms with Gasteiger partial charge in [0, 0.05) is 6.54 Å². The van der Waals surface area contributed by atoms with Gasteiger partial charge in [0.05, 0.1) is 30.2 Å². The van der Waals surface area contributed by atoms with Gasteiger partial charge in [-0.05, 0) is 74.7 Å². The van der Waals surface area contributed by atoms with Crippen molar-refractivity contribution in [1.29, 1.82) is 0 Å². The maximum absolute atomic E-state index is 13.4. The van der Waals surface area contributed by atoms with Crippen LogP contribution in [0.25, 0.3) is 11.1 Å². The molecule has 1 aliphatic rings. The second-order valence-electron chi connectivity index (χ2n) is 10.5. The van der Waals surface area contributed by atoms with Crippen LogP contribution in [0.4, 0.5) is 5.69 Å². The molecule has 0 fully saturated rings. The molecule has 210 valence electrons. The summed E-state index contributed by atoms with van der Waals surface area (Å²) in [6.07, 6.45) is 0.845. The molecular formula is C30H32N2O7S. The fraction of sp³-hybridized carbons (Fsp3) is 0.300. The smallest absolute Gasteiger partial charge is 0.330 e. The van der Waals surface area contributed by atoms with Gasteiger partial charge in [-0.25, -0.2) is 13.2 Å². The monoisotopic (exact) mass is 564 g/mol. The summed E-state index contributed by atoms with van der Waals surface area (Å²) in [5.41, 5.74) is 1.63. The van der Waals surface area contributed by atoms with Gasteiger partial charge in [0.2, 0.25) is 10.0 Å². The van der Waals surface area contributed by atoms with E-state index in [-0.39, 0.29) is 29.8 Å². The summed E-state index contributed by atoms with van der Waals surface area (Å²) in [5, 5.41) is 0. The first-order valence-corrected chi connectivity index (χ1v) is 14.6. The molecule has 3 aromatic rings. The van der Waals surface area contributed by atoms with Gasteiger partial charge in [0.25, 0.3) is 11.8 Å². The predicted octanol–water partition coefficient (Wildman–Crippen LogP) is 4.52. The molecule has 1 atom stereocenters. The molecule has 0 aliphatic carbocycles. The fourth-order valence-corrected chi connectivity index (χ4v) is 5.74. The third-order valence-electron chi connectivity index (χ3n) is 6.37. The Morgan fingerprint density at radius 2 is 1.38 bits per heavy atom. The Morgan fingerprint density at radius 1 is 0.875 bits per heavy atom. The molecule has 1 unspecified atom stereocenters. The number of nitrogens with zero attached hydrogens (tertiary/aromatic N) is 2. The van der Waals surface area contributed by atoms with Crippen molar-refractivity contribution < 1.29 is 32.3 Å². The number of hydrogen-bond acceptors (Lipinski definition) is 7. The topological polar surface area (TPSA) is 110 Å². The minimum atomic E-state index is -4.00. The second kappa shape index (κ2) is 11.1. The number of anilines is 1. The zero-order valence-corrected chi connectivity index (χ0v) is 23.9. The lowest BCUT2D eigenvalue weighted by atomic mass is 10.0. The van der Waals surface area contributed by atoms with Gasteiger partial charge in [0.15, 0.2) is 0 Å². The van der Waals surface area contributed by atoms with Crippen molar-refractivity contribution in [2.45, 2.75) is 38.8 Å². The molecule has 1 heterocycles. The first-order valence-electron chi connectivity index (χ1n) is 12.7. The number of fused-ring (bicyclic) bond motifs is 1. The minimum absolute atomic E-state index is 0.159. The number of imide groups is 1. The van der Waals surface area contributed by atoms with E-state index in [1.165, 1.54) is 0 Å². The number of benzene rings is 3. The van der Waals surface area contributed by atoms with Gasteiger partial charge in [-0.2, -0.15) is 0 Å². The van der Waals surface area contributed by atoms with E-state index in [1.54, 1.807) is 76.4 Å². The predicted molar refractivity (Wildman–Crippen MR) is 152 cm³/mol. The Hall–Kier alpha value is -4.18. The van der Waals surface area contributed by atoms with E-state index in [0.29, 0.717) is 5.75 Å². The number of methoxy groups -OCH3 is 1. The quantitative estimate of drug-likeness (QED) is 0.278. The second-order valence-corrected chi connectivity index (χ2v) is 12.3. The maximum Gasteiger partial charge on any atom is 0.330 e. The lowest BCUT2D eigenvalue weighted by Gasteiger charge is -2.33. The highest BCUT2D eigenvalue weighted by Crippen LogP contribution is 2.30. The molecule has 1 aliphatic heterocycles. The summed E-state index contributed by atoms with van der Waals surface area (Å²) in [6.45, 7) is 4.87. The highest BCUT2D eigenvalue weighted by atomic mass is 32.2. The van der Waals surface area contributed by atoms with Crippen molar-refractivity contribution >= 4 is 33.5 Å². The third kappa shape index (κ3) is 6.17. The Morgan fingerprint density at radius 3 is 1.82 bits per heavy atom. The van der Waals surface area contributed by atoms with Crippen LogP contribution in [-0.2, 0) is 19.6 Å². The van der Waals surface area contributed by atoms with Gasteiger partial charge in [0.1, 0.15) is 17.4 Å². The lowest BCUT2D eigenvalue weighted by Crippen LogP contribution is -2.49. The molecule has 2 amide bonds. The zero-order valence-electron chi connectivity index (χ0n) is 23.1. The first kappa shape index (κ1) is 28.8. The van der Waals surface area contributed by atoms with Gasteiger partial charge in [-0.15, -0.1) is 0 Å². The summed E-state index contributed by atoms with van der Waals surface area (Å²) in [6, 6.07) is 19.3. The fourth-order valence-electron chi connectivity index (χ4n) is 4.58. The van der Waals surface area contributed by atoms with E-state index in [4.69, 9.17) is 9.47 Å². The summed E-state index contributed by atoms with van der Waals surface area (Å²) in [7, 11) is -2.42. The van der Waals surface area contributed by atoms with Crippen molar-refractivity contribution in [3.05, 3.63) is 83.9 Å². The van der Waals surface area contributed by atoms with Gasteiger partial charge >= 0.3 is 5.97 Å². The molecule has 0 aromatic heterocycles. The molecule has 0 saturated carbocycles. The van der Waals surface area contributed by atoms with E-state index in [1.807, 2.05) is 24.3 Å². The molecule has 0 N–H and O–H groups in total. The van der Waals surface area contributed by atoms with Gasteiger partial charge in [-0.3, -0.25) is 18.8 Å². The van der Waals surface area contributed by atoms with Crippen LogP contribution in [-0.4, -0.2) is 62.7 Å². The number of hydrogen-bond donors (Lipinski definition) is 0. The number of ether oxygens (including phenoxy) is 2. The standard InChI is InChI=1S/C30H32N2O7S/c1-30(2,3)39-29(35)26(18-19-31-27(33)24-8-6-7-9-25(24)28(31)34)32(40(5,36)37)22-14-10-20(11-15-22)21-12-16-23(38-4)17-13-21/h6-17,26H,18-19H2,1-5H3. The van der Waals surface area contributed by atoms with Crippen LogP contribution >= 0.6 is 0 Å². The molecule has 0 radical (unpaired) electrons. The summed E-state index contributed by atoms with van der Waals surface area (Å²) in [4.78, 5) is 40.3. The summed E-state index contributed by atoms with van der Waals surface area (Å²) < 4.78 is 38.1. The average molecular weight is 565 g/mol. The molecule has 0 bridgehead atoms. The Labute approximate surface area is 234 Å². The number of carbonyl (C=O) groups is 3. The van der Waals surface area contributed by atoms with E-state index in [2.05, 4.69) is 0 Å². The Kier molecular flexibility index (Phi) is 8.02. The van der Waals surface area contributed by atoms with E-state index in [0.717, 1.165) is 26.6 Å². The summed E-state index contributed by atoms with van der Waals surface area (Å²) in [5.74, 6) is -1.05. The van der Waals surface area contributed by atoms with Crippen molar-refractivity contribution in [3.8, 4) is 16.9 Å². The van der Waals surface area contributed by atoms with E-state index < -0.39 is 39.4 Å². The highest BCUT2D eigenvalue weighted by Gasteiger charge is 2.40. The molecule has 9 nitrogen and oxygen atoms in total. The van der Waals surface area contributed by atoms with Gasteiger partial charge < -0.3 is 9.47 Å². The average Bonchev–Trinajstić information content (AvgIpc) is 3.14. The zero-order chi connectivity index (χ0) is 29.2. The minimum Gasteiger partial charge on any atom is -0.497 e. The molecule has 0 saturated heterocycles. The third-order valence-corrected chi connectivity index (χ3v) is 7.55. The normalized spacial score (nSPS) is 14.1. The molecule has 40 heavy (non-hydrogen) atoms. The Bertz CT molecular complexity index is 1490. The molecule has 4 rings (SSSR count). The maximum atomic E-state index is 13.4. The SMILES string of the molecule is COc1ccc(-c2ccc(N(C(CCN3C(=O)c4ccccc4C3=O)C(=O)OC(C)(C)C)S(C)(=O)=O)cc2)cc1. The van der Waals surface area contributed by atoms with Crippen molar-refractivity contribution in [1.82, 2.24) is 4.90 Å².